The van der Waals surface area contributed by atoms with E-state index in [0.29, 0.717) is 0 Å². The van der Waals surface area contributed by atoms with Crippen LogP contribution in [0.5, 0.6) is 0 Å². The van der Waals surface area contributed by atoms with E-state index in [1.54, 1.807) is 37.2 Å². The quantitative estimate of drug-likeness (QED) is 0.0904. The van der Waals surface area contributed by atoms with Crippen molar-refractivity contribution in [2.45, 2.75) is 0 Å². The fourth-order valence-corrected chi connectivity index (χ4v) is 23.6. The van der Waals surface area contributed by atoms with Crippen LogP contribution in [0, 0.1) is 0 Å². The first kappa shape index (κ1) is 88.3. The normalized spacial score (nSPS) is 11.4. The smallest absolute Gasteiger partial charge is 0.0900 e. The van der Waals surface area contributed by atoms with Crippen LogP contribution < -0.4 is 0 Å². The van der Waals surface area contributed by atoms with Crippen molar-refractivity contribution in [3.8, 4) is 180 Å². The van der Waals surface area contributed by atoms with E-state index >= 15 is 0 Å². The average molecular weight is 1930 g/mol. The highest BCUT2D eigenvalue weighted by molar-refractivity contribution is 7.27. The standard InChI is InChI=1S/C48H30N4S.2C42H26N4S/c1-2-13-31(14-3-1)46-48-45(38-19-4-5-24-44(38)53-48)39-21-12-20-37(47(39)52-46)35-18-11-16-33(28-35)32-15-10-17-34(27-32)36-29-42(40-22-6-8-25-49-40)51-43(30-36)41-23-7-9-26-50-41;1-2-11-27(12-3-1)41-42-40(33-15-4-5-18-39(33)47-42)32-20-19-30(24-36(32)46-41)28-13-10-14-29(23-28)31-25-37(34-16-6-8-21-43-34)45-38(26-31)35-17-7-9-22-44-35;1-2-10-29(11-3-1)41-42-40(33-12-4-5-15-39(33)47-42)32-21-20-30(24-36(32)46-41)27-16-18-28(19-17-27)31-25-37(34-13-6-8-22-43-34)45-38(26-31)35-14-7-9-23-44-35/h1-30H;2*1-26H. The predicted molar refractivity (Wildman–Crippen MR) is 611 cm³/mol. The number of hydrogen-bond acceptors (Lipinski definition) is 15. The van der Waals surface area contributed by atoms with Gasteiger partial charge in [0.05, 0.1) is 116 Å². The molecule has 0 saturated carbocycles. The van der Waals surface area contributed by atoms with E-state index in [4.69, 9.17) is 29.9 Å². The third-order valence-electron chi connectivity index (χ3n) is 26.9. The highest BCUT2D eigenvalue weighted by Gasteiger charge is 2.25. The van der Waals surface area contributed by atoms with Crippen LogP contribution in [0.15, 0.2) is 498 Å². The van der Waals surface area contributed by atoms with Crippen molar-refractivity contribution < 1.29 is 0 Å². The molecule has 0 fully saturated rings. The Morgan fingerprint density at radius 1 is 0.143 bits per heavy atom. The minimum absolute atomic E-state index is 0.807. The second kappa shape index (κ2) is 38.8. The summed E-state index contributed by atoms with van der Waals surface area (Å²) in [6.45, 7) is 0. The maximum absolute atomic E-state index is 5.46. The van der Waals surface area contributed by atoms with Crippen LogP contribution in [0.2, 0.25) is 0 Å². The maximum Gasteiger partial charge on any atom is 0.0900 e. The first-order valence-corrected chi connectivity index (χ1v) is 51.2. The lowest BCUT2D eigenvalue weighted by atomic mass is 9.94. The lowest BCUT2D eigenvalue weighted by Crippen LogP contribution is -1.94. The van der Waals surface area contributed by atoms with Crippen molar-refractivity contribution in [3.05, 3.63) is 498 Å². The van der Waals surface area contributed by atoms with E-state index in [1.165, 1.54) is 76.7 Å². The molecule has 0 amide bonds. The monoisotopic (exact) mass is 1930 g/mol. The summed E-state index contributed by atoms with van der Waals surface area (Å²) in [6, 6.07) is 161. The number of aromatic nitrogens is 12. The van der Waals surface area contributed by atoms with E-state index in [2.05, 4.69) is 382 Å². The molecular formula is C132H82N12S3. The minimum atomic E-state index is 0.807. The highest BCUT2D eigenvalue weighted by atomic mass is 32.1. The number of pyridine rings is 12. The van der Waals surface area contributed by atoms with Crippen LogP contribution in [0.25, 0.3) is 273 Å². The summed E-state index contributed by atoms with van der Waals surface area (Å²) in [5, 5.41) is 11.2. The predicted octanol–water partition coefficient (Wildman–Crippen LogP) is 35.0. The summed E-state index contributed by atoms with van der Waals surface area (Å²) in [6.07, 6.45) is 10.8. The molecule has 0 aliphatic heterocycles. The summed E-state index contributed by atoms with van der Waals surface area (Å²) < 4.78 is 7.51. The zero-order valence-electron chi connectivity index (χ0n) is 78.9. The van der Waals surface area contributed by atoms with Gasteiger partial charge in [0.15, 0.2) is 0 Å². The van der Waals surface area contributed by atoms with Crippen molar-refractivity contribution in [1.82, 2.24) is 59.8 Å². The summed E-state index contributed by atoms with van der Waals surface area (Å²) >= 11 is 5.47. The Bertz CT molecular complexity index is 9660. The molecule has 0 unspecified atom stereocenters. The van der Waals surface area contributed by atoms with Crippen molar-refractivity contribution in [2.24, 2.45) is 0 Å². The van der Waals surface area contributed by atoms with E-state index in [-0.39, 0.29) is 0 Å². The fourth-order valence-electron chi connectivity index (χ4n) is 19.9. The molecule has 0 aliphatic rings. The minimum Gasteiger partial charge on any atom is -0.255 e. The van der Waals surface area contributed by atoms with Crippen molar-refractivity contribution in [2.75, 3.05) is 0 Å². The molecule has 0 atom stereocenters. The molecule has 13 aromatic carbocycles. The number of hydrogen-bond donors (Lipinski definition) is 0. The summed E-state index contributed by atoms with van der Waals surface area (Å²) in [5.41, 5.74) is 34.8. The van der Waals surface area contributed by atoms with Gasteiger partial charge in [0.25, 0.3) is 0 Å². The lowest BCUT2D eigenvalue weighted by molar-refractivity contribution is 1.22. The first-order valence-electron chi connectivity index (χ1n) is 48.7. The molecule has 15 aromatic heterocycles. The molecule has 28 aromatic rings. The number of fused-ring (bicyclic) bond motifs is 15. The SMILES string of the molecule is c1ccc(-c2nc3c(-c4cccc(-c5cccc(-c6cc(-c7ccccn7)nc(-c7ccccn7)c6)c5)c4)cccc3c3c2sc2ccccc23)cc1.c1ccc(-c2nc3cc(-c4ccc(-c5cc(-c6ccccn6)nc(-c6ccccn6)c5)cc4)ccc3c3c2sc2ccccc23)cc1.c1ccc(-c2nc3cc(-c4cccc(-c5cc(-c6ccccn6)nc(-c6ccccn6)c5)c4)ccc3c3c2sc2ccccc23)cc1. The lowest BCUT2D eigenvalue weighted by Gasteiger charge is -2.13. The van der Waals surface area contributed by atoms with Crippen LogP contribution in [-0.2, 0) is 0 Å². The zero-order chi connectivity index (χ0) is 97.5. The Kier molecular flexibility index (Phi) is 23.3. The van der Waals surface area contributed by atoms with E-state index < -0.39 is 0 Å². The van der Waals surface area contributed by atoms with Gasteiger partial charge in [0.1, 0.15) is 0 Å². The number of thiophene rings is 3. The third-order valence-corrected chi connectivity index (χ3v) is 30.5. The number of para-hydroxylation sites is 1. The van der Waals surface area contributed by atoms with Gasteiger partial charge in [0, 0.05) is 122 Å². The average Bonchev–Trinajstić information content (AvgIpc) is 1.60. The Morgan fingerprint density at radius 3 is 0.741 bits per heavy atom. The Balaban J connectivity index is 0.000000112. The van der Waals surface area contributed by atoms with Crippen LogP contribution >= 0.6 is 34.0 Å². The van der Waals surface area contributed by atoms with Crippen LogP contribution in [-0.4, -0.2) is 59.8 Å². The number of benzene rings is 13. The third kappa shape index (κ3) is 17.4. The molecule has 12 nitrogen and oxygen atoms in total. The van der Waals surface area contributed by atoms with E-state index in [1.807, 2.05) is 143 Å². The topological polar surface area (TPSA) is 155 Å². The van der Waals surface area contributed by atoms with Gasteiger partial charge in [-0.05, 0) is 230 Å². The fraction of sp³-hybridized carbons (Fsp3) is 0. The van der Waals surface area contributed by atoms with Gasteiger partial charge in [-0.3, -0.25) is 29.9 Å². The molecule has 688 valence electrons. The largest absolute Gasteiger partial charge is 0.255 e. The van der Waals surface area contributed by atoms with Gasteiger partial charge >= 0.3 is 0 Å². The zero-order valence-corrected chi connectivity index (χ0v) is 81.4. The van der Waals surface area contributed by atoms with Crippen LogP contribution in [0.4, 0.5) is 0 Å². The summed E-state index contributed by atoms with van der Waals surface area (Å²) in [4.78, 5) is 58.5. The van der Waals surface area contributed by atoms with Gasteiger partial charge in [-0.2, -0.15) is 0 Å². The van der Waals surface area contributed by atoms with Gasteiger partial charge < -0.3 is 0 Å². The first-order chi connectivity index (χ1) is 72.8. The van der Waals surface area contributed by atoms with Crippen molar-refractivity contribution >= 4 is 127 Å². The van der Waals surface area contributed by atoms with Gasteiger partial charge in [-0.25, -0.2) is 29.9 Å². The molecule has 0 radical (unpaired) electrons. The molecule has 0 N–H and O–H groups in total. The summed E-state index contributed by atoms with van der Waals surface area (Å²) in [7, 11) is 0. The molecule has 0 bridgehead atoms. The van der Waals surface area contributed by atoms with Crippen molar-refractivity contribution in [1.29, 1.82) is 0 Å². The Morgan fingerprint density at radius 2 is 0.395 bits per heavy atom. The van der Waals surface area contributed by atoms with Crippen molar-refractivity contribution in [3.63, 3.8) is 0 Å². The van der Waals surface area contributed by atoms with Crippen LogP contribution in [0.3, 0.4) is 0 Å². The molecule has 147 heavy (non-hydrogen) atoms. The van der Waals surface area contributed by atoms with Gasteiger partial charge in [-0.15, -0.1) is 34.0 Å². The van der Waals surface area contributed by atoms with Gasteiger partial charge in [-0.1, -0.05) is 303 Å². The number of rotatable bonds is 16. The van der Waals surface area contributed by atoms with Gasteiger partial charge in [0.2, 0.25) is 0 Å². The number of nitrogens with zero attached hydrogens (tertiary/aromatic N) is 12. The molecule has 0 spiro atoms. The molecule has 15 heteroatoms. The molecule has 15 heterocycles. The Labute approximate surface area is 858 Å². The summed E-state index contributed by atoms with van der Waals surface area (Å²) in [5.74, 6) is 0. The van der Waals surface area contributed by atoms with E-state index in [0.717, 1.165) is 197 Å². The molecule has 28 rings (SSSR count). The Hall–Kier alpha value is -18.9. The molecular weight excluding hydrogens is 1850 g/mol. The molecule has 0 saturated heterocycles. The van der Waals surface area contributed by atoms with E-state index in [9.17, 15) is 0 Å². The second-order valence-corrected chi connectivity index (χ2v) is 39.2. The van der Waals surface area contributed by atoms with Crippen LogP contribution in [0.1, 0.15) is 0 Å². The maximum atomic E-state index is 5.46. The highest BCUT2D eigenvalue weighted by Crippen LogP contribution is 2.50. The molecule has 0 aliphatic carbocycles. The second-order valence-electron chi connectivity index (χ2n) is 36.0.